The number of hydrogen-bond donors (Lipinski definition) is 2. The molecular formula is C18H25N5O2. The lowest BCUT2D eigenvalue weighted by atomic mass is 10.1. The number of benzene rings is 1. The monoisotopic (exact) mass is 343 g/mol. The Morgan fingerprint density at radius 1 is 1.44 bits per heavy atom. The molecule has 1 aliphatic heterocycles. The van der Waals surface area contributed by atoms with Gasteiger partial charge in [-0.3, -0.25) is 19.7 Å². The fourth-order valence-corrected chi connectivity index (χ4v) is 3.11. The summed E-state index contributed by atoms with van der Waals surface area (Å²) < 4.78 is 1.72. The van der Waals surface area contributed by atoms with Crippen molar-refractivity contribution in [2.45, 2.75) is 45.4 Å². The molecule has 1 aromatic carbocycles. The lowest BCUT2D eigenvalue weighted by molar-refractivity contribution is 0.0668. The van der Waals surface area contributed by atoms with Gasteiger partial charge >= 0.3 is 0 Å². The van der Waals surface area contributed by atoms with E-state index in [1.54, 1.807) is 17.1 Å². The molecule has 1 aliphatic rings. The molecule has 7 nitrogen and oxygen atoms in total. The van der Waals surface area contributed by atoms with Crippen molar-refractivity contribution in [2.24, 2.45) is 0 Å². The molecule has 2 heterocycles. The van der Waals surface area contributed by atoms with Gasteiger partial charge in [0.1, 0.15) is 6.33 Å². The van der Waals surface area contributed by atoms with Crippen LogP contribution in [0.15, 0.2) is 30.6 Å². The molecule has 1 atom stereocenters. The summed E-state index contributed by atoms with van der Waals surface area (Å²) in [5.74, 6) is 0.109. The first-order valence-corrected chi connectivity index (χ1v) is 8.84. The normalized spacial score (nSPS) is 18.2. The van der Waals surface area contributed by atoms with E-state index in [0.29, 0.717) is 18.1 Å². The molecule has 1 fully saturated rings. The average molecular weight is 343 g/mol. The van der Waals surface area contributed by atoms with Crippen molar-refractivity contribution in [3.8, 4) is 0 Å². The molecule has 25 heavy (non-hydrogen) atoms. The molecule has 2 aromatic rings. The van der Waals surface area contributed by atoms with Crippen LogP contribution in [0.2, 0.25) is 0 Å². The topological polar surface area (TPSA) is 83.3 Å². The molecule has 1 amide bonds. The summed E-state index contributed by atoms with van der Waals surface area (Å²) in [6.07, 6.45) is 4.22. The van der Waals surface area contributed by atoms with Crippen LogP contribution < -0.4 is 5.32 Å². The Kier molecular flexibility index (Phi) is 5.78. The van der Waals surface area contributed by atoms with Crippen LogP contribution in [0, 0.1) is 0 Å². The van der Waals surface area contributed by atoms with Crippen molar-refractivity contribution in [1.29, 1.82) is 0 Å². The van der Waals surface area contributed by atoms with Crippen molar-refractivity contribution in [3.63, 3.8) is 0 Å². The molecule has 134 valence electrons. The Balaban J connectivity index is 1.62. The van der Waals surface area contributed by atoms with E-state index in [2.05, 4.69) is 27.2 Å². The molecule has 0 saturated carbocycles. The summed E-state index contributed by atoms with van der Waals surface area (Å²) in [4.78, 5) is 18.8. The highest BCUT2D eigenvalue weighted by Crippen LogP contribution is 2.15. The summed E-state index contributed by atoms with van der Waals surface area (Å²) in [6, 6.07) is 7.56. The summed E-state index contributed by atoms with van der Waals surface area (Å²) >= 11 is 0. The first-order valence-electron chi connectivity index (χ1n) is 8.84. The van der Waals surface area contributed by atoms with Gasteiger partial charge in [0.2, 0.25) is 5.95 Å². The van der Waals surface area contributed by atoms with Crippen LogP contribution in [0.4, 0.5) is 5.95 Å². The lowest BCUT2D eigenvalue weighted by Gasteiger charge is -2.30. The highest BCUT2D eigenvalue weighted by molar-refractivity contribution is 6.03. The molecule has 3 rings (SSSR count). The van der Waals surface area contributed by atoms with E-state index in [-0.39, 0.29) is 12.0 Å². The van der Waals surface area contributed by atoms with E-state index in [4.69, 9.17) is 0 Å². The van der Waals surface area contributed by atoms with Crippen LogP contribution in [-0.4, -0.2) is 49.9 Å². The first-order chi connectivity index (χ1) is 12.1. The number of amides is 1. The van der Waals surface area contributed by atoms with E-state index < -0.39 is 0 Å². The number of aryl methyl sites for hydroxylation is 1. The Labute approximate surface area is 147 Å². The van der Waals surface area contributed by atoms with E-state index >= 15 is 0 Å². The smallest absolute Gasteiger partial charge is 0.258 e. The van der Waals surface area contributed by atoms with Gasteiger partial charge in [0.05, 0.1) is 6.10 Å². The van der Waals surface area contributed by atoms with E-state index in [9.17, 15) is 9.90 Å². The molecular weight excluding hydrogens is 318 g/mol. The van der Waals surface area contributed by atoms with Crippen LogP contribution in [-0.2, 0) is 13.1 Å². The van der Waals surface area contributed by atoms with E-state index in [0.717, 1.165) is 44.5 Å². The van der Waals surface area contributed by atoms with Crippen LogP contribution in [0.25, 0.3) is 0 Å². The number of aliphatic hydroxyl groups excluding tert-OH is 1. The van der Waals surface area contributed by atoms with Crippen LogP contribution in [0.1, 0.15) is 42.1 Å². The number of nitrogens with one attached hydrogen (secondary N) is 1. The van der Waals surface area contributed by atoms with Crippen molar-refractivity contribution in [2.75, 3.05) is 18.4 Å². The second-order valence-corrected chi connectivity index (χ2v) is 6.52. The Hall–Kier alpha value is -2.25. The van der Waals surface area contributed by atoms with Gasteiger partial charge in [-0.2, -0.15) is 0 Å². The summed E-state index contributed by atoms with van der Waals surface area (Å²) in [5.41, 5.74) is 1.65. The second-order valence-electron chi connectivity index (χ2n) is 6.52. The molecule has 1 saturated heterocycles. The minimum Gasteiger partial charge on any atom is -0.392 e. The minimum atomic E-state index is -0.246. The maximum Gasteiger partial charge on any atom is 0.258 e. The highest BCUT2D eigenvalue weighted by atomic mass is 16.3. The van der Waals surface area contributed by atoms with Gasteiger partial charge in [0.25, 0.3) is 5.91 Å². The number of hydrogen-bond acceptors (Lipinski definition) is 5. The van der Waals surface area contributed by atoms with Gasteiger partial charge in [0, 0.05) is 25.2 Å². The maximum atomic E-state index is 12.4. The van der Waals surface area contributed by atoms with Crippen molar-refractivity contribution >= 4 is 11.9 Å². The Morgan fingerprint density at radius 3 is 3.12 bits per heavy atom. The molecule has 0 aliphatic carbocycles. The van der Waals surface area contributed by atoms with Gasteiger partial charge < -0.3 is 5.11 Å². The molecule has 7 heteroatoms. The largest absolute Gasteiger partial charge is 0.392 e. The molecule has 0 bridgehead atoms. The number of anilines is 1. The molecule has 0 unspecified atom stereocenters. The fraction of sp³-hybridized carbons (Fsp3) is 0.500. The molecule has 1 aromatic heterocycles. The van der Waals surface area contributed by atoms with E-state index in [1.807, 2.05) is 18.2 Å². The van der Waals surface area contributed by atoms with Crippen LogP contribution >= 0.6 is 0 Å². The van der Waals surface area contributed by atoms with Gasteiger partial charge in [-0.1, -0.05) is 19.1 Å². The number of piperidine rings is 1. The zero-order valence-electron chi connectivity index (χ0n) is 14.6. The second kappa shape index (κ2) is 8.22. The quantitative estimate of drug-likeness (QED) is 0.837. The zero-order chi connectivity index (χ0) is 17.6. The van der Waals surface area contributed by atoms with Crippen molar-refractivity contribution < 1.29 is 9.90 Å². The average Bonchev–Trinajstić information content (AvgIpc) is 3.02. The Morgan fingerprint density at radius 2 is 2.32 bits per heavy atom. The van der Waals surface area contributed by atoms with Crippen LogP contribution in [0.5, 0.6) is 0 Å². The number of aromatic nitrogens is 3. The Bertz CT molecular complexity index is 715. The number of aliphatic hydroxyl groups is 1. The van der Waals surface area contributed by atoms with Gasteiger partial charge in [-0.15, -0.1) is 5.10 Å². The zero-order valence-corrected chi connectivity index (χ0v) is 14.6. The number of rotatable bonds is 6. The lowest BCUT2D eigenvalue weighted by Crippen LogP contribution is -2.37. The predicted octanol–water partition coefficient (Wildman–Crippen LogP) is 1.90. The number of likely N-dealkylation sites (tertiary alicyclic amines) is 1. The van der Waals surface area contributed by atoms with Crippen LogP contribution in [0.3, 0.4) is 0 Å². The van der Waals surface area contributed by atoms with Gasteiger partial charge in [-0.05, 0) is 43.5 Å². The fourth-order valence-electron chi connectivity index (χ4n) is 3.11. The van der Waals surface area contributed by atoms with Gasteiger partial charge in [-0.25, -0.2) is 4.98 Å². The van der Waals surface area contributed by atoms with Crippen molar-refractivity contribution in [1.82, 2.24) is 19.7 Å². The standard InChI is InChI=1S/C18H25N5O2/c1-2-8-23-13-19-18(21-23)20-17(25)15-6-3-5-14(10-15)11-22-9-4-7-16(24)12-22/h3,5-6,10,13,16,24H,2,4,7-9,11-12H2,1H3,(H,20,21,25)/t16-/m0/s1. The molecule has 0 radical (unpaired) electrons. The molecule has 2 N–H and O–H groups in total. The molecule has 0 spiro atoms. The minimum absolute atomic E-state index is 0.213. The number of carbonyl (C=O) groups excluding carboxylic acids is 1. The third-order valence-corrected chi connectivity index (χ3v) is 4.29. The first kappa shape index (κ1) is 17.6. The van der Waals surface area contributed by atoms with Crippen molar-refractivity contribution in [3.05, 3.63) is 41.7 Å². The van der Waals surface area contributed by atoms with Gasteiger partial charge in [0.15, 0.2) is 0 Å². The van der Waals surface area contributed by atoms with E-state index in [1.165, 1.54) is 0 Å². The third-order valence-electron chi connectivity index (χ3n) is 4.29. The summed E-state index contributed by atoms with van der Waals surface area (Å²) in [7, 11) is 0. The number of carbonyl (C=O) groups is 1. The maximum absolute atomic E-state index is 12.4. The summed E-state index contributed by atoms with van der Waals surface area (Å²) in [6.45, 7) is 5.25. The highest BCUT2D eigenvalue weighted by Gasteiger charge is 2.18. The number of β-amino-alcohol motifs (C(OH)–C–C–N with tert-alkyl or cyclic N) is 1. The SMILES string of the molecule is CCCn1cnc(NC(=O)c2cccc(CN3CCC[C@H](O)C3)c2)n1. The predicted molar refractivity (Wildman–Crippen MR) is 95.2 cm³/mol. The summed E-state index contributed by atoms with van der Waals surface area (Å²) in [5, 5.41) is 16.7. The third kappa shape index (κ3) is 4.87. The number of nitrogens with zero attached hydrogens (tertiary/aromatic N) is 4.